The lowest BCUT2D eigenvalue weighted by Gasteiger charge is -2.31. The molecular formula is C33H33F3N4O. The van der Waals surface area contributed by atoms with Crippen LogP contribution in [0.25, 0.3) is 11.3 Å². The van der Waals surface area contributed by atoms with Crippen molar-refractivity contribution in [3.05, 3.63) is 112 Å². The summed E-state index contributed by atoms with van der Waals surface area (Å²) in [5, 5.41) is 0. The molecule has 2 aromatic carbocycles. The molecule has 1 fully saturated rings. The summed E-state index contributed by atoms with van der Waals surface area (Å²) in [6, 6.07) is 15.4. The van der Waals surface area contributed by atoms with Gasteiger partial charge in [-0.1, -0.05) is 37.3 Å². The maximum atomic E-state index is 14.1. The Morgan fingerprint density at radius 1 is 1.02 bits per heavy atom. The van der Waals surface area contributed by atoms with Crippen molar-refractivity contribution in [3.63, 3.8) is 0 Å². The number of hydrogen-bond acceptors (Lipinski definition) is 5. The van der Waals surface area contributed by atoms with Gasteiger partial charge in [0, 0.05) is 42.6 Å². The molecule has 0 radical (unpaired) electrons. The molecule has 0 saturated carbocycles. The van der Waals surface area contributed by atoms with Gasteiger partial charge >= 0.3 is 6.18 Å². The summed E-state index contributed by atoms with van der Waals surface area (Å²) in [6.45, 7) is 6.74. The molecule has 0 N–H and O–H groups in total. The second-order valence-electron chi connectivity index (χ2n) is 10.6. The van der Waals surface area contributed by atoms with E-state index in [9.17, 15) is 18.0 Å². The summed E-state index contributed by atoms with van der Waals surface area (Å²) in [5.74, 6) is 0.133. The summed E-state index contributed by atoms with van der Waals surface area (Å²) in [4.78, 5) is 28.8. The lowest BCUT2D eigenvalue weighted by atomic mass is 9.86. The molecule has 0 bridgehead atoms. The average molecular weight is 559 g/mol. The van der Waals surface area contributed by atoms with Gasteiger partial charge < -0.3 is 4.90 Å². The highest BCUT2D eigenvalue weighted by atomic mass is 19.4. The largest absolute Gasteiger partial charge is 0.417 e. The fourth-order valence-corrected chi connectivity index (χ4v) is 5.51. The van der Waals surface area contributed by atoms with Crippen molar-refractivity contribution < 1.29 is 18.0 Å². The van der Waals surface area contributed by atoms with Crippen molar-refractivity contribution in [3.8, 4) is 11.3 Å². The molecule has 4 aromatic rings. The smallest absolute Gasteiger partial charge is 0.304 e. The molecule has 1 saturated heterocycles. The Labute approximate surface area is 238 Å². The molecule has 0 unspecified atom stereocenters. The van der Waals surface area contributed by atoms with Gasteiger partial charge in [-0.05, 0) is 91.8 Å². The summed E-state index contributed by atoms with van der Waals surface area (Å²) in [6.07, 6.45) is 2.47. The molecule has 8 heteroatoms. The van der Waals surface area contributed by atoms with E-state index in [4.69, 9.17) is 0 Å². The SMILES string of the molecule is CCN1CCC(c2ccc(C(=O)Cc3ccc(C)c(Cc4nccc(-c5cccnc5)n4)c3)c(C(F)(F)F)c2)CC1. The number of likely N-dealkylation sites (tertiary alicyclic amines) is 1. The number of alkyl halides is 3. The lowest BCUT2D eigenvalue weighted by molar-refractivity contribution is -0.138. The van der Waals surface area contributed by atoms with Gasteiger partial charge in [0.15, 0.2) is 5.78 Å². The minimum Gasteiger partial charge on any atom is -0.304 e. The number of aromatic nitrogens is 3. The van der Waals surface area contributed by atoms with Gasteiger partial charge in [0.25, 0.3) is 0 Å². The van der Waals surface area contributed by atoms with E-state index in [1.807, 2.05) is 37.3 Å². The van der Waals surface area contributed by atoms with Crippen molar-refractivity contribution in [2.24, 2.45) is 0 Å². The van der Waals surface area contributed by atoms with Crippen LogP contribution in [0.2, 0.25) is 0 Å². The number of benzene rings is 2. The lowest BCUT2D eigenvalue weighted by Crippen LogP contribution is -2.32. The minimum atomic E-state index is -4.61. The zero-order valence-electron chi connectivity index (χ0n) is 23.3. The standard InChI is InChI=1S/C33H33F3N4O/c1-3-40-15-11-24(12-16-40)25-8-9-28(29(19-25)33(34,35)36)31(41)18-23-7-6-22(2)27(17-23)20-32-38-14-10-30(39-32)26-5-4-13-37-21-26/h4-10,13-14,17,19,21,24H,3,11-12,15-16,18,20H2,1-2H3. The predicted octanol–water partition coefficient (Wildman–Crippen LogP) is 7.08. The Morgan fingerprint density at radius 3 is 2.54 bits per heavy atom. The number of rotatable bonds is 8. The number of carbonyl (C=O) groups excluding carboxylic acids is 1. The van der Waals surface area contributed by atoms with Crippen LogP contribution in [0, 0.1) is 6.92 Å². The maximum absolute atomic E-state index is 14.1. The van der Waals surface area contributed by atoms with E-state index in [1.165, 1.54) is 12.1 Å². The molecule has 0 amide bonds. The van der Waals surface area contributed by atoms with Crippen molar-refractivity contribution in [2.45, 2.75) is 51.6 Å². The van der Waals surface area contributed by atoms with Gasteiger partial charge in [-0.25, -0.2) is 9.97 Å². The Morgan fingerprint density at radius 2 is 1.83 bits per heavy atom. The summed E-state index contributed by atoms with van der Waals surface area (Å²) < 4.78 is 42.4. The fourth-order valence-electron chi connectivity index (χ4n) is 5.51. The van der Waals surface area contributed by atoms with Crippen molar-refractivity contribution in [2.75, 3.05) is 19.6 Å². The van der Waals surface area contributed by atoms with E-state index in [0.717, 1.165) is 54.9 Å². The molecule has 212 valence electrons. The topological polar surface area (TPSA) is 59.0 Å². The first-order valence-electron chi connectivity index (χ1n) is 14.0. The van der Waals surface area contributed by atoms with Crippen molar-refractivity contribution >= 4 is 5.78 Å². The third kappa shape index (κ3) is 6.88. The Bertz CT molecular complexity index is 1510. The van der Waals surface area contributed by atoms with Gasteiger partial charge in [0.05, 0.1) is 11.3 Å². The first-order chi connectivity index (χ1) is 19.7. The summed E-state index contributed by atoms with van der Waals surface area (Å²) >= 11 is 0. The second-order valence-corrected chi connectivity index (χ2v) is 10.6. The number of pyridine rings is 1. The monoisotopic (exact) mass is 558 g/mol. The number of aryl methyl sites for hydroxylation is 1. The molecule has 1 aliphatic rings. The Balaban J connectivity index is 1.35. The molecule has 5 rings (SSSR count). The van der Waals surface area contributed by atoms with Crippen LogP contribution in [0.15, 0.2) is 73.2 Å². The van der Waals surface area contributed by atoms with E-state index in [1.54, 1.807) is 30.7 Å². The number of piperidine rings is 1. The van der Waals surface area contributed by atoms with Gasteiger partial charge in [-0.2, -0.15) is 13.2 Å². The second kappa shape index (κ2) is 12.3. The Hall–Kier alpha value is -3.91. The maximum Gasteiger partial charge on any atom is 0.417 e. The molecule has 0 spiro atoms. The molecule has 0 atom stereocenters. The van der Waals surface area contributed by atoms with Gasteiger partial charge in [0.2, 0.25) is 0 Å². The molecule has 41 heavy (non-hydrogen) atoms. The van der Waals surface area contributed by atoms with Crippen LogP contribution in [0.1, 0.15) is 69.7 Å². The third-order valence-corrected chi connectivity index (χ3v) is 7.95. The molecular weight excluding hydrogens is 525 g/mol. The molecule has 2 aromatic heterocycles. The van der Waals surface area contributed by atoms with Crippen molar-refractivity contribution in [1.82, 2.24) is 19.9 Å². The number of nitrogens with zero attached hydrogens (tertiary/aromatic N) is 4. The van der Waals surface area contributed by atoms with E-state index >= 15 is 0 Å². The molecule has 3 heterocycles. The van der Waals surface area contributed by atoms with Crippen molar-refractivity contribution in [1.29, 1.82) is 0 Å². The van der Waals surface area contributed by atoms with E-state index < -0.39 is 17.5 Å². The quantitative estimate of drug-likeness (QED) is 0.216. The zero-order chi connectivity index (χ0) is 29.0. The highest BCUT2D eigenvalue weighted by Gasteiger charge is 2.36. The normalized spacial score (nSPS) is 14.8. The molecule has 5 nitrogen and oxygen atoms in total. The number of hydrogen-bond donors (Lipinski definition) is 0. The zero-order valence-corrected chi connectivity index (χ0v) is 23.3. The van der Waals surface area contributed by atoms with Crippen LogP contribution >= 0.6 is 0 Å². The first kappa shape index (κ1) is 28.6. The van der Waals surface area contributed by atoms with E-state index in [0.29, 0.717) is 23.4 Å². The first-order valence-corrected chi connectivity index (χ1v) is 14.0. The van der Waals surface area contributed by atoms with Crippen LogP contribution in [0.5, 0.6) is 0 Å². The van der Waals surface area contributed by atoms with Crippen LogP contribution in [-0.4, -0.2) is 45.3 Å². The molecule has 1 aliphatic heterocycles. The minimum absolute atomic E-state index is 0.0709. The van der Waals surface area contributed by atoms with Gasteiger partial charge in [-0.3, -0.25) is 9.78 Å². The number of ketones is 1. The highest BCUT2D eigenvalue weighted by molar-refractivity contribution is 5.99. The van der Waals surface area contributed by atoms with Crippen LogP contribution in [0.3, 0.4) is 0 Å². The van der Waals surface area contributed by atoms with Gasteiger partial charge in [0.1, 0.15) is 5.82 Å². The van der Waals surface area contributed by atoms with Crippen LogP contribution in [-0.2, 0) is 19.0 Å². The Kier molecular flexibility index (Phi) is 8.59. The van der Waals surface area contributed by atoms with E-state index in [-0.39, 0.29) is 17.9 Å². The van der Waals surface area contributed by atoms with E-state index in [2.05, 4.69) is 26.8 Å². The predicted molar refractivity (Wildman–Crippen MR) is 153 cm³/mol. The third-order valence-electron chi connectivity index (χ3n) is 7.95. The van der Waals surface area contributed by atoms with Gasteiger partial charge in [-0.15, -0.1) is 0 Å². The summed E-state index contributed by atoms with van der Waals surface area (Å²) in [5.41, 5.74) is 3.75. The average Bonchev–Trinajstić information content (AvgIpc) is 2.99. The highest BCUT2D eigenvalue weighted by Crippen LogP contribution is 2.37. The fraction of sp³-hybridized carbons (Fsp3) is 0.333. The number of carbonyl (C=O) groups is 1. The number of halogens is 3. The number of Topliss-reactive ketones (excluding diaryl/α,β-unsaturated/α-hetero) is 1. The molecule has 0 aliphatic carbocycles. The summed E-state index contributed by atoms with van der Waals surface area (Å²) in [7, 11) is 0. The van der Waals surface area contributed by atoms with Crippen LogP contribution in [0.4, 0.5) is 13.2 Å². The van der Waals surface area contributed by atoms with Crippen LogP contribution < -0.4 is 0 Å².